The Kier molecular flexibility index (Phi) is 5.84. The third-order valence-electron chi connectivity index (χ3n) is 3.62. The molecule has 24 heavy (non-hydrogen) atoms. The largest absolute Gasteiger partial charge is 0.496 e. The number of allylic oxidation sites excluding steroid dienone is 1. The van der Waals surface area contributed by atoms with Crippen molar-refractivity contribution in [3.63, 3.8) is 0 Å². The predicted molar refractivity (Wildman–Crippen MR) is 95.5 cm³/mol. The fourth-order valence-electron chi connectivity index (χ4n) is 2.36. The molecule has 0 fully saturated rings. The van der Waals surface area contributed by atoms with Gasteiger partial charge in [-0.25, -0.2) is 0 Å². The number of carbonyl (C=O) groups excluding carboxylic acids is 1. The molecule has 0 aliphatic heterocycles. The number of anilines is 1. The molecule has 0 unspecified atom stereocenters. The first-order valence-corrected chi connectivity index (χ1v) is 7.43. The summed E-state index contributed by atoms with van der Waals surface area (Å²) in [5.41, 5.74) is 2.06. The summed E-state index contributed by atoms with van der Waals surface area (Å²) < 4.78 is 16.0. The van der Waals surface area contributed by atoms with Crippen LogP contribution in [0.4, 0.5) is 5.69 Å². The van der Waals surface area contributed by atoms with Gasteiger partial charge in [0.05, 0.1) is 26.9 Å². The molecule has 2 aromatic carbocycles. The van der Waals surface area contributed by atoms with Gasteiger partial charge in [0.1, 0.15) is 17.2 Å². The molecule has 2 rings (SSSR count). The lowest BCUT2D eigenvalue weighted by atomic mass is 10.1. The summed E-state index contributed by atoms with van der Waals surface area (Å²) in [6, 6.07) is 10.8. The smallest absolute Gasteiger partial charge is 0.187 e. The number of methoxy groups -OCH3 is 3. The monoisotopic (exact) mass is 327 g/mol. The van der Waals surface area contributed by atoms with E-state index in [1.165, 1.54) is 6.08 Å². The molecule has 0 saturated carbocycles. The molecule has 0 atom stereocenters. The van der Waals surface area contributed by atoms with Crippen LogP contribution in [-0.2, 0) is 0 Å². The van der Waals surface area contributed by atoms with Crippen LogP contribution in [0, 0.1) is 0 Å². The first kappa shape index (κ1) is 17.4. The second-order valence-electron chi connectivity index (χ2n) is 4.94. The van der Waals surface area contributed by atoms with E-state index < -0.39 is 0 Å². The van der Waals surface area contributed by atoms with Gasteiger partial charge in [-0.05, 0) is 24.3 Å². The summed E-state index contributed by atoms with van der Waals surface area (Å²) in [7, 11) is 6.47. The predicted octanol–water partition coefficient (Wildman–Crippen LogP) is 3.65. The Hall–Kier alpha value is -2.95. The zero-order valence-electron chi connectivity index (χ0n) is 14.3. The van der Waals surface area contributed by atoms with Gasteiger partial charge in [0.25, 0.3) is 0 Å². The van der Waals surface area contributed by atoms with Crippen LogP contribution in [-0.4, -0.2) is 34.2 Å². The summed E-state index contributed by atoms with van der Waals surface area (Å²) in [6.07, 6.45) is 3.19. The van der Waals surface area contributed by atoms with Crippen LogP contribution in [0.1, 0.15) is 15.9 Å². The highest BCUT2D eigenvalue weighted by Crippen LogP contribution is 2.35. The van der Waals surface area contributed by atoms with E-state index in [0.717, 1.165) is 5.69 Å². The Morgan fingerprint density at radius 3 is 2.17 bits per heavy atom. The highest BCUT2D eigenvalue weighted by atomic mass is 16.5. The second-order valence-corrected chi connectivity index (χ2v) is 4.94. The van der Waals surface area contributed by atoms with Crippen LogP contribution in [0.3, 0.4) is 0 Å². The molecule has 0 aromatic heterocycles. The molecular weight excluding hydrogens is 306 g/mol. The molecule has 0 bridgehead atoms. The Balaban J connectivity index is 2.39. The Morgan fingerprint density at radius 1 is 1.00 bits per heavy atom. The van der Waals surface area contributed by atoms with Gasteiger partial charge in [0.15, 0.2) is 5.78 Å². The van der Waals surface area contributed by atoms with Crippen LogP contribution in [0.25, 0.3) is 6.08 Å². The lowest BCUT2D eigenvalue weighted by Gasteiger charge is -2.12. The Bertz CT molecular complexity index is 728. The average molecular weight is 327 g/mol. The van der Waals surface area contributed by atoms with Gasteiger partial charge in [-0.2, -0.15) is 0 Å². The standard InChI is InChI=1S/C19H21NO4/c1-20-16-8-6-5-7-14(16)17(21)10-9-15-18(23-3)11-13(22-2)12-19(15)24-4/h5-12,20H,1-4H3/b10-9+. The van der Waals surface area contributed by atoms with Crippen LogP contribution < -0.4 is 19.5 Å². The first-order chi connectivity index (χ1) is 11.6. The maximum absolute atomic E-state index is 12.5. The summed E-state index contributed by atoms with van der Waals surface area (Å²) in [4.78, 5) is 12.5. The lowest BCUT2D eigenvalue weighted by molar-refractivity contribution is 0.104. The zero-order valence-corrected chi connectivity index (χ0v) is 14.3. The van der Waals surface area contributed by atoms with E-state index in [4.69, 9.17) is 14.2 Å². The Morgan fingerprint density at radius 2 is 1.62 bits per heavy atom. The van der Waals surface area contributed by atoms with Crippen LogP contribution in [0.5, 0.6) is 17.2 Å². The van der Waals surface area contributed by atoms with Crippen molar-refractivity contribution in [2.24, 2.45) is 0 Å². The number of ketones is 1. The minimum atomic E-state index is -0.111. The number of benzene rings is 2. The van der Waals surface area contributed by atoms with E-state index >= 15 is 0 Å². The van der Waals surface area contributed by atoms with E-state index in [0.29, 0.717) is 28.4 Å². The maximum atomic E-state index is 12.5. The van der Waals surface area contributed by atoms with Crippen LogP contribution in [0.2, 0.25) is 0 Å². The normalized spacial score (nSPS) is 10.5. The number of hydrogen-bond acceptors (Lipinski definition) is 5. The number of rotatable bonds is 7. The molecule has 126 valence electrons. The highest BCUT2D eigenvalue weighted by molar-refractivity contribution is 6.10. The van der Waals surface area contributed by atoms with Crippen molar-refractivity contribution in [1.82, 2.24) is 0 Å². The number of carbonyl (C=O) groups is 1. The summed E-state index contributed by atoms with van der Waals surface area (Å²) >= 11 is 0. The average Bonchev–Trinajstić information content (AvgIpc) is 2.65. The van der Waals surface area contributed by atoms with Gasteiger partial charge >= 0.3 is 0 Å². The van der Waals surface area contributed by atoms with Crippen molar-refractivity contribution in [1.29, 1.82) is 0 Å². The zero-order chi connectivity index (χ0) is 17.5. The van der Waals surface area contributed by atoms with Gasteiger partial charge in [-0.1, -0.05) is 12.1 Å². The van der Waals surface area contributed by atoms with Gasteiger partial charge in [0, 0.05) is 30.4 Å². The summed E-state index contributed by atoms with van der Waals surface area (Å²) in [6.45, 7) is 0. The molecule has 0 amide bonds. The molecule has 5 heteroatoms. The minimum Gasteiger partial charge on any atom is -0.496 e. The highest BCUT2D eigenvalue weighted by Gasteiger charge is 2.12. The molecule has 0 radical (unpaired) electrons. The number of ether oxygens (including phenoxy) is 3. The summed E-state index contributed by atoms with van der Waals surface area (Å²) in [5.74, 6) is 1.64. The van der Waals surface area contributed by atoms with Gasteiger partial charge < -0.3 is 19.5 Å². The molecule has 0 heterocycles. The molecule has 0 aliphatic rings. The SMILES string of the molecule is CNc1ccccc1C(=O)/C=C/c1c(OC)cc(OC)cc1OC. The lowest BCUT2D eigenvalue weighted by Crippen LogP contribution is -2.01. The molecule has 0 saturated heterocycles. The van der Waals surface area contributed by atoms with Crippen molar-refractivity contribution in [2.75, 3.05) is 33.7 Å². The van der Waals surface area contributed by atoms with Crippen molar-refractivity contribution in [3.05, 3.63) is 53.6 Å². The fraction of sp³-hybridized carbons (Fsp3) is 0.211. The van der Waals surface area contributed by atoms with Crippen LogP contribution >= 0.6 is 0 Å². The summed E-state index contributed by atoms with van der Waals surface area (Å²) in [5, 5.41) is 3.01. The van der Waals surface area contributed by atoms with Crippen molar-refractivity contribution < 1.29 is 19.0 Å². The quantitative estimate of drug-likeness (QED) is 0.621. The van der Waals surface area contributed by atoms with E-state index in [2.05, 4.69) is 5.32 Å². The first-order valence-electron chi connectivity index (χ1n) is 7.43. The number of para-hydroxylation sites is 1. The number of hydrogen-bond donors (Lipinski definition) is 1. The van der Waals surface area contributed by atoms with Crippen LogP contribution in [0.15, 0.2) is 42.5 Å². The number of nitrogens with one attached hydrogen (secondary N) is 1. The van der Waals surface area contributed by atoms with E-state index in [1.807, 2.05) is 18.2 Å². The topological polar surface area (TPSA) is 56.8 Å². The molecular formula is C19H21NO4. The van der Waals surface area contributed by atoms with Gasteiger partial charge in [0.2, 0.25) is 0 Å². The van der Waals surface area contributed by atoms with Crippen molar-refractivity contribution in [3.8, 4) is 17.2 Å². The molecule has 5 nitrogen and oxygen atoms in total. The second kappa shape index (κ2) is 8.06. The molecule has 0 aliphatic carbocycles. The minimum absolute atomic E-state index is 0.111. The molecule has 0 spiro atoms. The maximum Gasteiger partial charge on any atom is 0.187 e. The molecule has 2 aromatic rings. The van der Waals surface area contributed by atoms with Gasteiger partial charge in [-0.15, -0.1) is 0 Å². The van der Waals surface area contributed by atoms with Crippen molar-refractivity contribution in [2.45, 2.75) is 0 Å². The van der Waals surface area contributed by atoms with Gasteiger partial charge in [-0.3, -0.25) is 4.79 Å². The van der Waals surface area contributed by atoms with Crippen molar-refractivity contribution >= 4 is 17.5 Å². The van der Waals surface area contributed by atoms with E-state index in [9.17, 15) is 4.79 Å². The third kappa shape index (κ3) is 3.68. The third-order valence-corrected chi connectivity index (χ3v) is 3.62. The Labute approximate surface area is 141 Å². The van der Waals surface area contributed by atoms with E-state index in [-0.39, 0.29) is 5.78 Å². The van der Waals surface area contributed by atoms with E-state index in [1.54, 1.807) is 52.7 Å². The molecule has 1 N–H and O–H groups in total. The fourth-order valence-corrected chi connectivity index (χ4v) is 2.36.